The highest BCUT2D eigenvalue weighted by Crippen LogP contribution is 2.32. The number of anilines is 2. The summed E-state index contributed by atoms with van der Waals surface area (Å²) in [4.78, 5) is 62.3. The molecule has 4 aromatic carbocycles. The number of nitro benzene ring substituents is 1. The van der Waals surface area contributed by atoms with E-state index in [0.29, 0.717) is 16.8 Å². The van der Waals surface area contributed by atoms with Crippen LogP contribution in [0, 0.1) is 10.1 Å². The number of thioether (sulfide) groups is 1. The van der Waals surface area contributed by atoms with E-state index in [9.17, 15) is 29.3 Å². The molecule has 0 unspecified atom stereocenters. The molecule has 2 amide bonds. The van der Waals surface area contributed by atoms with E-state index in [4.69, 9.17) is 0 Å². The van der Waals surface area contributed by atoms with Crippen LogP contribution in [0.4, 0.5) is 17.1 Å². The number of amides is 2. The second-order valence-corrected chi connectivity index (χ2v) is 9.60. The number of fused-ring (bicyclic) bond motifs is 2. The highest BCUT2D eigenvalue weighted by Gasteiger charge is 2.31. The van der Waals surface area contributed by atoms with Gasteiger partial charge in [0.05, 0.1) is 21.9 Å². The third-order valence-electron chi connectivity index (χ3n) is 6.03. The molecule has 192 valence electrons. The van der Waals surface area contributed by atoms with Crippen molar-refractivity contribution in [1.29, 1.82) is 0 Å². The first-order chi connectivity index (χ1) is 18.8. The SMILES string of the molecule is O=C(CSc1ccc(NC(=O)c2cccc([N+](=O)[O-])c2)cc1)Nc1cccc2c1C(=O)c1ccccc1C2=O. The topological polar surface area (TPSA) is 135 Å². The molecule has 1 aliphatic carbocycles. The first-order valence-electron chi connectivity index (χ1n) is 11.7. The van der Waals surface area contributed by atoms with Gasteiger partial charge in [0, 0.05) is 45.0 Å². The van der Waals surface area contributed by atoms with Crippen molar-refractivity contribution >= 4 is 52.2 Å². The Hall–Kier alpha value is -5.09. The fraction of sp³-hybridized carbons (Fsp3) is 0.0345. The van der Waals surface area contributed by atoms with E-state index in [1.165, 1.54) is 36.0 Å². The third kappa shape index (κ3) is 5.32. The lowest BCUT2D eigenvalue weighted by molar-refractivity contribution is -0.384. The van der Waals surface area contributed by atoms with E-state index in [0.717, 1.165) is 4.90 Å². The zero-order chi connectivity index (χ0) is 27.5. The minimum absolute atomic E-state index is 0.0434. The lowest BCUT2D eigenvalue weighted by atomic mass is 9.83. The first kappa shape index (κ1) is 25.6. The first-order valence-corrected chi connectivity index (χ1v) is 12.7. The molecule has 0 bridgehead atoms. The van der Waals surface area contributed by atoms with Gasteiger partial charge in [0.1, 0.15) is 0 Å². The summed E-state index contributed by atoms with van der Waals surface area (Å²) in [6.07, 6.45) is 0. The fourth-order valence-electron chi connectivity index (χ4n) is 4.18. The zero-order valence-electron chi connectivity index (χ0n) is 20.2. The van der Waals surface area contributed by atoms with Crippen molar-refractivity contribution in [2.24, 2.45) is 0 Å². The molecule has 0 fully saturated rings. The molecule has 5 rings (SSSR count). The molecule has 2 N–H and O–H groups in total. The number of benzene rings is 4. The Bertz CT molecular complexity index is 1670. The lowest BCUT2D eigenvalue weighted by Crippen LogP contribution is -2.24. The summed E-state index contributed by atoms with van der Waals surface area (Å²) in [5.74, 6) is -1.37. The Morgan fingerprint density at radius 3 is 2.15 bits per heavy atom. The normalized spacial score (nSPS) is 11.8. The van der Waals surface area contributed by atoms with E-state index in [1.54, 1.807) is 66.7 Å². The highest BCUT2D eigenvalue weighted by molar-refractivity contribution is 8.00. The molecule has 0 atom stereocenters. The predicted octanol–water partition coefficient (Wildman–Crippen LogP) is 5.35. The summed E-state index contributed by atoms with van der Waals surface area (Å²) < 4.78 is 0. The van der Waals surface area contributed by atoms with Gasteiger partial charge in [0.15, 0.2) is 11.6 Å². The van der Waals surface area contributed by atoms with Crippen LogP contribution < -0.4 is 10.6 Å². The molecule has 0 saturated heterocycles. The molecule has 10 heteroatoms. The number of carbonyl (C=O) groups excluding carboxylic acids is 4. The van der Waals surface area contributed by atoms with Crippen LogP contribution in [-0.4, -0.2) is 34.1 Å². The molecular weight excluding hydrogens is 518 g/mol. The van der Waals surface area contributed by atoms with Crippen molar-refractivity contribution < 1.29 is 24.1 Å². The van der Waals surface area contributed by atoms with Gasteiger partial charge in [0.25, 0.3) is 11.6 Å². The van der Waals surface area contributed by atoms with E-state index in [1.807, 2.05) is 0 Å². The average Bonchev–Trinajstić information content (AvgIpc) is 2.95. The van der Waals surface area contributed by atoms with Crippen molar-refractivity contribution in [2.75, 3.05) is 16.4 Å². The summed E-state index contributed by atoms with van der Waals surface area (Å²) >= 11 is 1.25. The number of hydrogen-bond donors (Lipinski definition) is 2. The van der Waals surface area contributed by atoms with E-state index >= 15 is 0 Å². The summed E-state index contributed by atoms with van der Waals surface area (Å²) in [5.41, 5.74) is 1.85. The summed E-state index contributed by atoms with van der Waals surface area (Å²) in [6, 6.07) is 23.6. The van der Waals surface area contributed by atoms with E-state index in [-0.39, 0.29) is 51.3 Å². The van der Waals surface area contributed by atoms with Crippen LogP contribution in [0.5, 0.6) is 0 Å². The fourth-order valence-corrected chi connectivity index (χ4v) is 4.88. The molecule has 0 aromatic heterocycles. The quantitative estimate of drug-likeness (QED) is 0.162. The van der Waals surface area contributed by atoms with Gasteiger partial charge >= 0.3 is 0 Å². The molecule has 4 aromatic rings. The van der Waals surface area contributed by atoms with Crippen molar-refractivity contribution in [3.63, 3.8) is 0 Å². The summed E-state index contributed by atoms with van der Waals surface area (Å²) in [5, 5.41) is 16.4. The van der Waals surface area contributed by atoms with Crippen molar-refractivity contribution in [1.82, 2.24) is 0 Å². The molecular formula is C29H19N3O6S. The van der Waals surface area contributed by atoms with Crippen LogP contribution in [0.2, 0.25) is 0 Å². The number of rotatable bonds is 7. The molecule has 0 aliphatic heterocycles. The largest absolute Gasteiger partial charge is 0.325 e. The van der Waals surface area contributed by atoms with E-state index in [2.05, 4.69) is 10.6 Å². The van der Waals surface area contributed by atoms with Gasteiger partial charge in [-0.05, 0) is 36.4 Å². The maximum atomic E-state index is 13.1. The molecule has 0 radical (unpaired) electrons. The smallest absolute Gasteiger partial charge is 0.270 e. The number of ketones is 2. The Labute approximate surface area is 226 Å². The van der Waals surface area contributed by atoms with E-state index < -0.39 is 10.8 Å². The van der Waals surface area contributed by atoms with Crippen LogP contribution in [0.3, 0.4) is 0 Å². The maximum absolute atomic E-state index is 13.1. The average molecular weight is 538 g/mol. The zero-order valence-corrected chi connectivity index (χ0v) is 21.0. The summed E-state index contributed by atoms with van der Waals surface area (Å²) in [6.45, 7) is 0. The Morgan fingerprint density at radius 2 is 1.44 bits per heavy atom. The monoisotopic (exact) mass is 537 g/mol. The molecule has 39 heavy (non-hydrogen) atoms. The van der Waals surface area contributed by atoms with Crippen LogP contribution in [0.25, 0.3) is 0 Å². The van der Waals surface area contributed by atoms with Gasteiger partial charge in [-0.2, -0.15) is 0 Å². The lowest BCUT2D eigenvalue weighted by Gasteiger charge is -2.20. The third-order valence-corrected chi connectivity index (χ3v) is 7.04. The summed E-state index contributed by atoms with van der Waals surface area (Å²) in [7, 11) is 0. The van der Waals surface area contributed by atoms with Crippen LogP contribution in [0.15, 0.2) is 95.9 Å². The Morgan fingerprint density at radius 1 is 0.769 bits per heavy atom. The maximum Gasteiger partial charge on any atom is 0.270 e. The second kappa shape index (κ2) is 10.7. The van der Waals surface area contributed by atoms with Crippen molar-refractivity contribution in [2.45, 2.75) is 4.90 Å². The standard InChI is InChI=1S/C29H19N3O6S/c33-25(31-24-10-4-9-23-26(24)28(35)22-8-2-1-7-21(22)27(23)34)16-39-20-13-11-18(12-14-20)30-29(36)17-5-3-6-19(15-17)32(37)38/h1-15H,16H2,(H,30,36)(H,31,33). The number of carbonyl (C=O) groups is 4. The highest BCUT2D eigenvalue weighted by atomic mass is 32.2. The van der Waals surface area contributed by atoms with Gasteiger partial charge < -0.3 is 10.6 Å². The van der Waals surface area contributed by atoms with Crippen molar-refractivity contribution in [3.05, 3.63) is 129 Å². The van der Waals surface area contributed by atoms with Gasteiger partial charge in [-0.3, -0.25) is 29.3 Å². The Balaban J connectivity index is 1.21. The van der Waals surface area contributed by atoms with Gasteiger partial charge in [0.2, 0.25) is 5.91 Å². The predicted molar refractivity (Wildman–Crippen MR) is 147 cm³/mol. The number of non-ortho nitro benzene ring substituents is 1. The van der Waals surface area contributed by atoms with Gasteiger partial charge in [-0.25, -0.2) is 0 Å². The molecule has 1 aliphatic rings. The minimum Gasteiger partial charge on any atom is -0.325 e. The van der Waals surface area contributed by atoms with Gasteiger partial charge in [-0.1, -0.05) is 42.5 Å². The van der Waals surface area contributed by atoms with Crippen molar-refractivity contribution in [3.8, 4) is 0 Å². The molecule has 9 nitrogen and oxygen atoms in total. The van der Waals surface area contributed by atoms with Crippen LogP contribution in [0.1, 0.15) is 42.2 Å². The van der Waals surface area contributed by atoms with Crippen LogP contribution in [-0.2, 0) is 4.79 Å². The molecule has 0 spiro atoms. The van der Waals surface area contributed by atoms with Gasteiger partial charge in [-0.15, -0.1) is 11.8 Å². The number of nitrogens with one attached hydrogen (secondary N) is 2. The minimum atomic E-state index is -0.568. The second-order valence-electron chi connectivity index (χ2n) is 8.55. The number of nitrogens with zero attached hydrogens (tertiary/aromatic N) is 1. The molecule has 0 saturated carbocycles. The van der Waals surface area contributed by atoms with Crippen LogP contribution >= 0.6 is 11.8 Å². The Kier molecular flexibility index (Phi) is 7.02. The number of hydrogen-bond acceptors (Lipinski definition) is 7. The number of nitro groups is 1. The molecule has 0 heterocycles.